The van der Waals surface area contributed by atoms with E-state index in [1.54, 1.807) is 48.5 Å². The van der Waals surface area contributed by atoms with Gasteiger partial charge in [0.1, 0.15) is 28.4 Å². The number of ketones is 1. The summed E-state index contributed by atoms with van der Waals surface area (Å²) in [5, 5.41) is 0.599. The first kappa shape index (κ1) is 23.8. The van der Waals surface area contributed by atoms with E-state index in [1.165, 1.54) is 6.08 Å². The molecule has 0 saturated carbocycles. The van der Waals surface area contributed by atoms with Crippen molar-refractivity contribution in [1.29, 1.82) is 0 Å². The van der Waals surface area contributed by atoms with Gasteiger partial charge in [-0.2, -0.15) is 0 Å². The van der Waals surface area contributed by atoms with Gasteiger partial charge in [0, 0.05) is 22.1 Å². The second-order valence-electron chi connectivity index (χ2n) is 8.25. The van der Waals surface area contributed by atoms with Gasteiger partial charge in [0.25, 0.3) is 0 Å². The van der Waals surface area contributed by atoms with Crippen LogP contribution >= 0.6 is 0 Å². The van der Waals surface area contributed by atoms with Gasteiger partial charge in [-0.25, -0.2) is 4.79 Å². The van der Waals surface area contributed by atoms with Crippen molar-refractivity contribution in [2.75, 3.05) is 6.61 Å². The molecule has 1 heterocycles. The zero-order valence-corrected chi connectivity index (χ0v) is 20.2. The number of allylic oxidation sites excluding steroid dienone is 1. The molecule has 0 N–H and O–H groups in total. The van der Waals surface area contributed by atoms with E-state index in [0.29, 0.717) is 51.5 Å². The third kappa shape index (κ3) is 5.21. The van der Waals surface area contributed by atoms with Gasteiger partial charge in [-0.1, -0.05) is 78.9 Å². The Kier molecular flexibility index (Phi) is 6.95. The van der Waals surface area contributed by atoms with Crippen molar-refractivity contribution in [3.8, 4) is 22.8 Å². The molecule has 0 fully saturated rings. The van der Waals surface area contributed by atoms with E-state index in [9.17, 15) is 9.59 Å². The molecule has 5 aromatic rings. The molecular formula is C32H24O5. The quantitative estimate of drug-likeness (QED) is 0.0973. The average Bonchev–Trinajstić information content (AvgIpc) is 3.32. The molecule has 1 aromatic heterocycles. The second kappa shape index (κ2) is 10.8. The van der Waals surface area contributed by atoms with Crippen LogP contribution in [-0.2, 0) is 0 Å². The minimum atomic E-state index is -0.568. The number of hydrogen-bond acceptors (Lipinski definition) is 5. The Balaban J connectivity index is 1.51. The van der Waals surface area contributed by atoms with Crippen LogP contribution < -0.4 is 9.47 Å². The summed E-state index contributed by atoms with van der Waals surface area (Å²) < 4.78 is 17.7. The van der Waals surface area contributed by atoms with Crippen LogP contribution in [0.25, 0.3) is 28.4 Å². The van der Waals surface area contributed by atoms with E-state index in [4.69, 9.17) is 13.9 Å². The summed E-state index contributed by atoms with van der Waals surface area (Å²) in [7, 11) is 0. The Labute approximate surface area is 214 Å². The number of esters is 1. The van der Waals surface area contributed by atoms with Gasteiger partial charge < -0.3 is 13.9 Å². The van der Waals surface area contributed by atoms with Gasteiger partial charge in [-0.05, 0) is 43.3 Å². The lowest BCUT2D eigenvalue weighted by molar-refractivity contribution is 0.0736. The van der Waals surface area contributed by atoms with E-state index in [1.807, 2.05) is 67.6 Å². The maximum Gasteiger partial charge on any atom is 0.348 e. The van der Waals surface area contributed by atoms with E-state index >= 15 is 0 Å². The van der Waals surface area contributed by atoms with Crippen LogP contribution in [0.3, 0.4) is 0 Å². The highest BCUT2D eigenvalue weighted by molar-refractivity contribution is 6.10. The first-order valence-electron chi connectivity index (χ1n) is 12.0. The van der Waals surface area contributed by atoms with E-state index in [2.05, 4.69) is 0 Å². The Morgan fingerprint density at radius 3 is 2.30 bits per heavy atom. The fourth-order valence-electron chi connectivity index (χ4n) is 4.05. The largest absolute Gasteiger partial charge is 0.494 e. The Bertz CT molecular complexity index is 1580. The molecule has 0 amide bonds. The number of benzene rings is 4. The predicted octanol–water partition coefficient (Wildman–Crippen LogP) is 7.61. The van der Waals surface area contributed by atoms with Crippen molar-refractivity contribution >= 4 is 28.8 Å². The van der Waals surface area contributed by atoms with Crippen LogP contribution in [-0.4, -0.2) is 18.4 Å². The highest BCUT2D eigenvalue weighted by Crippen LogP contribution is 2.36. The van der Waals surface area contributed by atoms with Crippen molar-refractivity contribution in [2.45, 2.75) is 6.92 Å². The van der Waals surface area contributed by atoms with E-state index in [-0.39, 0.29) is 5.78 Å². The first-order valence-corrected chi connectivity index (χ1v) is 12.0. The Hall–Kier alpha value is -4.90. The zero-order valence-electron chi connectivity index (χ0n) is 20.2. The van der Waals surface area contributed by atoms with Gasteiger partial charge in [-0.15, -0.1) is 0 Å². The molecule has 0 saturated heterocycles. The normalized spacial score (nSPS) is 11.1. The van der Waals surface area contributed by atoms with E-state index < -0.39 is 5.97 Å². The van der Waals surface area contributed by atoms with Gasteiger partial charge in [0.2, 0.25) is 0 Å². The summed E-state index contributed by atoms with van der Waals surface area (Å²) in [5.41, 5.74) is 2.79. The number of hydrogen-bond donors (Lipinski definition) is 0. The van der Waals surface area contributed by atoms with Gasteiger partial charge >= 0.3 is 5.97 Å². The molecular weight excluding hydrogens is 464 g/mol. The number of furan rings is 1. The molecule has 37 heavy (non-hydrogen) atoms. The molecule has 0 aliphatic rings. The highest BCUT2D eigenvalue weighted by atomic mass is 16.5. The monoisotopic (exact) mass is 488 g/mol. The minimum absolute atomic E-state index is 0.141. The number of fused-ring (bicyclic) bond motifs is 1. The summed E-state index contributed by atoms with van der Waals surface area (Å²) in [5.74, 6) is 0.673. The maximum atomic E-state index is 13.7. The standard InChI is InChI=1S/C32H24O5/c1-2-35-25-18-20-29-26(21-25)30(31(36-29)24-14-7-4-8-15-24)32(34)37-28-16-10-9-13-23(28)17-19-27(33)22-11-5-3-6-12-22/h3-21H,2H2,1H3. The second-order valence-corrected chi connectivity index (χ2v) is 8.25. The summed E-state index contributed by atoms with van der Waals surface area (Å²) in [6.07, 6.45) is 3.12. The summed E-state index contributed by atoms with van der Waals surface area (Å²) in [6.45, 7) is 2.40. The lowest BCUT2D eigenvalue weighted by atomic mass is 10.1. The minimum Gasteiger partial charge on any atom is -0.494 e. The summed E-state index contributed by atoms with van der Waals surface area (Å²) >= 11 is 0. The molecule has 5 heteroatoms. The molecule has 182 valence electrons. The number of para-hydroxylation sites is 1. The zero-order chi connectivity index (χ0) is 25.6. The average molecular weight is 489 g/mol. The van der Waals surface area contributed by atoms with Gasteiger partial charge in [-0.3, -0.25) is 4.79 Å². The summed E-state index contributed by atoms with van der Waals surface area (Å²) in [4.78, 5) is 26.2. The van der Waals surface area contributed by atoms with Crippen LogP contribution in [0.5, 0.6) is 11.5 Å². The lowest BCUT2D eigenvalue weighted by Gasteiger charge is -2.09. The smallest absolute Gasteiger partial charge is 0.348 e. The van der Waals surface area contributed by atoms with Crippen molar-refractivity contribution in [2.24, 2.45) is 0 Å². The highest BCUT2D eigenvalue weighted by Gasteiger charge is 2.25. The van der Waals surface area contributed by atoms with Crippen molar-refractivity contribution in [3.05, 3.63) is 126 Å². The fraction of sp³-hybridized carbons (Fsp3) is 0.0625. The molecule has 0 bridgehead atoms. The van der Waals surface area contributed by atoms with E-state index in [0.717, 1.165) is 5.56 Å². The van der Waals surface area contributed by atoms with Crippen LogP contribution in [0.2, 0.25) is 0 Å². The fourth-order valence-corrected chi connectivity index (χ4v) is 4.05. The molecule has 0 radical (unpaired) electrons. The topological polar surface area (TPSA) is 65.7 Å². The van der Waals surface area contributed by atoms with Gasteiger partial charge in [0.05, 0.1) is 6.61 Å². The lowest BCUT2D eigenvalue weighted by Crippen LogP contribution is -2.10. The third-order valence-electron chi connectivity index (χ3n) is 5.80. The van der Waals surface area contributed by atoms with Gasteiger partial charge in [0.15, 0.2) is 5.78 Å². The van der Waals surface area contributed by atoms with Crippen molar-refractivity contribution in [1.82, 2.24) is 0 Å². The Morgan fingerprint density at radius 1 is 0.838 bits per heavy atom. The molecule has 0 aliphatic heterocycles. The first-order chi connectivity index (χ1) is 18.1. The molecule has 0 unspecified atom stereocenters. The number of ether oxygens (including phenoxy) is 2. The van der Waals surface area contributed by atoms with Crippen LogP contribution in [0.4, 0.5) is 0 Å². The SMILES string of the molecule is CCOc1ccc2oc(-c3ccccc3)c(C(=O)Oc3ccccc3C=CC(=O)c3ccccc3)c2c1. The number of carbonyl (C=O) groups is 2. The molecule has 4 aromatic carbocycles. The molecule has 0 aliphatic carbocycles. The Morgan fingerprint density at radius 2 is 1.54 bits per heavy atom. The predicted molar refractivity (Wildman–Crippen MR) is 144 cm³/mol. The third-order valence-corrected chi connectivity index (χ3v) is 5.80. The van der Waals surface area contributed by atoms with Crippen molar-refractivity contribution in [3.63, 3.8) is 0 Å². The molecule has 0 spiro atoms. The van der Waals surface area contributed by atoms with Crippen molar-refractivity contribution < 1.29 is 23.5 Å². The van der Waals surface area contributed by atoms with Crippen LogP contribution in [0.15, 0.2) is 114 Å². The number of rotatable bonds is 8. The van der Waals surface area contributed by atoms with Crippen LogP contribution in [0, 0.1) is 0 Å². The summed E-state index contributed by atoms with van der Waals surface area (Å²) in [6, 6.07) is 30.9. The number of carbonyl (C=O) groups excluding carboxylic acids is 2. The van der Waals surface area contributed by atoms with Crippen LogP contribution in [0.1, 0.15) is 33.2 Å². The maximum absolute atomic E-state index is 13.7. The molecule has 5 nitrogen and oxygen atoms in total. The molecule has 0 atom stereocenters. The molecule has 5 rings (SSSR count).